The number of hydrogen-bond donors (Lipinski definition) is 1. The fourth-order valence-electron chi connectivity index (χ4n) is 4.94. The van der Waals surface area contributed by atoms with Crippen LogP contribution in [0, 0.1) is 0 Å². The van der Waals surface area contributed by atoms with Crippen LogP contribution in [-0.2, 0) is 17.1 Å². The maximum absolute atomic E-state index is 14.1. The Morgan fingerprint density at radius 2 is 1.74 bits per heavy atom. The zero-order valence-corrected chi connectivity index (χ0v) is 22.3. The van der Waals surface area contributed by atoms with Gasteiger partial charge in [-0.1, -0.05) is 12.1 Å². The Morgan fingerprint density at radius 3 is 2.32 bits per heavy atom. The minimum Gasteiger partial charge on any atom is -0.434 e. The summed E-state index contributed by atoms with van der Waals surface area (Å²) in [4.78, 5) is 18.8. The lowest BCUT2D eigenvalue weighted by molar-refractivity contribution is -0.0856. The third-order valence-corrected chi connectivity index (χ3v) is 8.82. The Hall–Kier alpha value is -2.42. The molecule has 1 aliphatic heterocycles. The molecule has 2 aromatic rings. The van der Waals surface area contributed by atoms with Crippen molar-refractivity contribution in [1.82, 2.24) is 24.1 Å². The lowest BCUT2D eigenvalue weighted by Crippen LogP contribution is -2.63. The van der Waals surface area contributed by atoms with Crippen LogP contribution in [0.5, 0.6) is 5.75 Å². The Labute approximate surface area is 224 Å². The smallest absolute Gasteiger partial charge is 0.387 e. The molecule has 1 aromatic carbocycles. The van der Waals surface area contributed by atoms with E-state index in [0.717, 1.165) is 0 Å². The standard InChI is InChI=1S/C23H29F4N5O4S.ClH/c1-30-14-19(29-16-30)37(34,35)32-12-10-31(11-13-32)22(6-8-23(26,27)9-7-22)15-28-20(33)17-4-2-3-5-18(17)36-21(24)25;/h2-5,14,16,21H,6-13,15H2,1H3,(H,28,33);1H. The van der Waals surface area contributed by atoms with E-state index in [1.807, 2.05) is 4.90 Å². The number of aryl methyl sites for hydroxylation is 1. The predicted octanol–water partition coefficient (Wildman–Crippen LogP) is 3.13. The van der Waals surface area contributed by atoms with Crippen molar-refractivity contribution in [3.63, 3.8) is 0 Å². The average Bonchev–Trinajstić information content (AvgIpc) is 3.31. The van der Waals surface area contributed by atoms with Crippen LogP contribution in [0.25, 0.3) is 0 Å². The number of rotatable bonds is 8. The molecule has 0 bridgehead atoms. The number of halogens is 5. The number of nitrogens with one attached hydrogen (secondary N) is 1. The van der Waals surface area contributed by atoms with Crippen molar-refractivity contribution < 1.29 is 35.5 Å². The fraction of sp³-hybridized carbons (Fsp3) is 0.565. The SMILES string of the molecule is Cl.Cn1cnc(S(=O)(=O)N2CCN(C3(CNC(=O)c4ccccc4OC(F)F)CCC(F)(F)CC3)CC2)c1. The Morgan fingerprint density at radius 1 is 1.11 bits per heavy atom. The normalized spacial score (nSPS) is 20.1. The van der Waals surface area contributed by atoms with Crippen molar-refractivity contribution in [1.29, 1.82) is 0 Å². The summed E-state index contributed by atoms with van der Waals surface area (Å²) in [6.45, 7) is -2.29. The molecule has 0 radical (unpaired) electrons. The molecule has 15 heteroatoms. The highest BCUT2D eigenvalue weighted by Crippen LogP contribution is 2.42. The van der Waals surface area contributed by atoms with E-state index in [4.69, 9.17) is 0 Å². The summed E-state index contributed by atoms with van der Waals surface area (Å²) in [5, 5.41) is 2.66. The number of carbonyl (C=O) groups excluding carboxylic acids is 1. The van der Waals surface area contributed by atoms with Crippen molar-refractivity contribution >= 4 is 28.3 Å². The van der Waals surface area contributed by atoms with Crippen LogP contribution >= 0.6 is 12.4 Å². The van der Waals surface area contributed by atoms with E-state index in [9.17, 15) is 30.8 Å². The summed E-state index contributed by atoms with van der Waals surface area (Å²) >= 11 is 0. The van der Waals surface area contributed by atoms with Gasteiger partial charge in [-0.05, 0) is 25.0 Å². The van der Waals surface area contributed by atoms with Crippen LogP contribution in [0.4, 0.5) is 17.6 Å². The molecule has 1 aliphatic carbocycles. The summed E-state index contributed by atoms with van der Waals surface area (Å²) in [5.74, 6) is -3.77. The topological polar surface area (TPSA) is 96.8 Å². The van der Waals surface area contributed by atoms with Crippen LogP contribution in [0.15, 0.2) is 41.8 Å². The van der Waals surface area contributed by atoms with Crippen LogP contribution in [0.2, 0.25) is 0 Å². The summed E-state index contributed by atoms with van der Waals surface area (Å²) in [6, 6.07) is 5.55. The van der Waals surface area contributed by atoms with Gasteiger partial charge in [-0.25, -0.2) is 22.2 Å². The van der Waals surface area contributed by atoms with Gasteiger partial charge in [0.25, 0.3) is 15.9 Å². The predicted molar refractivity (Wildman–Crippen MR) is 132 cm³/mol. The lowest BCUT2D eigenvalue weighted by atomic mass is 9.78. The highest BCUT2D eigenvalue weighted by atomic mass is 35.5. The molecule has 1 saturated carbocycles. The van der Waals surface area contributed by atoms with E-state index in [-0.39, 0.29) is 87.2 Å². The number of piperazine rings is 1. The number of carbonyl (C=O) groups is 1. The van der Waals surface area contributed by atoms with Crippen molar-refractivity contribution in [2.24, 2.45) is 7.05 Å². The van der Waals surface area contributed by atoms with E-state index in [2.05, 4.69) is 15.0 Å². The van der Waals surface area contributed by atoms with Gasteiger partial charge in [0.15, 0.2) is 5.03 Å². The molecule has 1 saturated heterocycles. The Kier molecular flexibility index (Phi) is 9.32. The second kappa shape index (κ2) is 11.8. The minimum absolute atomic E-state index is 0. The molecule has 38 heavy (non-hydrogen) atoms. The molecule has 4 rings (SSSR count). The summed E-state index contributed by atoms with van der Waals surface area (Å²) in [7, 11) is -2.13. The number of imidazole rings is 1. The Balaban J connectivity index is 0.00000400. The second-order valence-electron chi connectivity index (χ2n) is 9.41. The monoisotopic (exact) mass is 583 g/mol. The highest BCUT2D eigenvalue weighted by molar-refractivity contribution is 7.89. The van der Waals surface area contributed by atoms with Gasteiger partial charge < -0.3 is 14.6 Å². The first kappa shape index (κ1) is 30.1. The number of para-hydroxylation sites is 1. The zero-order valence-electron chi connectivity index (χ0n) is 20.7. The molecule has 212 valence electrons. The lowest BCUT2D eigenvalue weighted by Gasteiger charge is -2.50. The summed E-state index contributed by atoms with van der Waals surface area (Å²) in [5.41, 5.74) is -0.929. The van der Waals surface area contributed by atoms with E-state index in [1.165, 1.54) is 45.7 Å². The van der Waals surface area contributed by atoms with Crippen molar-refractivity contribution in [2.75, 3.05) is 32.7 Å². The number of hydrogen-bond acceptors (Lipinski definition) is 6. The first-order chi connectivity index (χ1) is 17.4. The van der Waals surface area contributed by atoms with Crippen molar-refractivity contribution in [3.05, 3.63) is 42.4 Å². The van der Waals surface area contributed by atoms with Gasteiger partial charge in [-0.15, -0.1) is 12.4 Å². The number of alkyl halides is 4. The van der Waals surface area contributed by atoms with Crippen molar-refractivity contribution in [2.45, 2.75) is 48.8 Å². The van der Waals surface area contributed by atoms with E-state index >= 15 is 0 Å². The first-order valence-corrected chi connectivity index (χ1v) is 13.3. The molecule has 0 atom stereocenters. The molecule has 0 unspecified atom stereocenters. The zero-order chi connectivity index (χ0) is 26.8. The molecule has 2 fully saturated rings. The molecule has 9 nitrogen and oxygen atoms in total. The van der Waals surface area contributed by atoms with Gasteiger partial charge in [-0.2, -0.15) is 13.1 Å². The summed E-state index contributed by atoms with van der Waals surface area (Å²) in [6.07, 6.45) is 2.23. The number of ether oxygens (including phenoxy) is 1. The third kappa shape index (κ3) is 6.58. The molecule has 1 aromatic heterocycles. The van der Waals surface area contributed by atoms with Gasteiger partial charge >= 0.3 is 6.61 Å². The maximum atomic E-state index is 14.1. The largest absolute Gasteiger partial charge is 0.434 e. The molecule has 0 spiro atoms. The van der Waals surface area contributed by atoms with Gasteiger partial charge in [0.1, 0.15) is 5.75 Å². The highest BCUT2D eigenvalue weighted by Gasteiger charge is 2.48. The molecular weight excluding hydrogens is 554 g/mol. The van der Waals surface area contributed by atoms with Crippen LogP contribution in [-0.4, -0.2) is 83.9 Å². The molecule has 1 N–H and O–H groups in total. The molecule has 2 heterocycles. The first-order valence-electron chi connectivity index (χ1n) is 11.8. The van der Waals surface area contributed by atoms with Crippen LogP contribution in [0.3, 0.4) is 0 Å². The molecule has 2 aliphatic rings. The van der Waals surface area contributed by atoms with Crippen molar-refractivity contribution in [3.8, 4) is 5.75 Å². The minimum atomic E-state index is -3.80. The van der Waals surface area contributed by atoms with E-state index in [0.29, 0.717) is 0 Å². The van der Waals surface area contributed by atoms with Gasteiger partial charge in [0.2, 0.25) is 5.92 Å². The van der Waals surface area contributed by atoms with Crippen LogP contribution < -0.4 is 10.1 Å². The fourth-order valence-corrected chi connectivity index (χ4v) is 6.32. The summed E-state index contributed by atoms with van der Waals surface area (Å²) < 4.78 is 86.8. The number of aromatic nitrogens is 2. The average molecular weight is 584 g/mol. The second-order valence-corrected chi connectivity index (χ2v) is 11.3. The number of nitrogens with zero attached hydrogens (tertiary/aromatic N) is 4. The Bertz CT molecular complexity index is 1210. The molecule has 1 amide bonds. The van der Waals surface area contributed by atoms with Crippen LogP contribution in [0.1, 0.15) is 36.0 Å². The number of benzene rings is 1. The van der Waals surface area contributed by atoms with Gasteiger partial charge in [-0.3, -0.25) is 9.69 Å². The molecular formula is C23H30ClF4N5O4S. The third-order valence-electron chi connectivity index (χ3n) is 7.03. The quantitative estimate of drug-likeness (QED) is 0.480. The van der Waals surface area contributed by atoms with Gasteiger partial charge in [0, 0.05) is 64.3 Å². The number of amides is 1. The van der Waals surface area contributed by atoms with E-state index in [1.54, 1.807) is 7.05 Å². The van der Waals surface area contributed by atoms with Gasteiger partial charge in [0.05, 0.1) is 11.9 Å². The maximum Gasteiger partial charge on any atom is 0.387 e. The van der Waals surface area contributed by atoms with E-state index < -0.39 is 34.0 Å². The number of sulfonamides is 1.